The van der Waals surface area contributed by atoms with Gasteiger partial charge in [-0.3, -0.25) is 14.4 Å². The van der Waals surface area contributed by atoms with Gasteiger partial charge in [0.1, 0.15) is 6.61 Å². The Morgan fingerprint density at radius 2 is 1.45 bits per heavy atom. The molecular formula is C26H25ClF3NO9. The molecule has 1 fully saturated rings. The maximum absolute atomic E-state index is 13.4. The van der Waals surface area contributed by atoms with Crippen molar-refractivity contribution in [3.63, 3.8) is 0 Å². The van der Waals surface area contributed by atoms with Crippen molar-refractivity contribution in [3.8, 4) is 0 Å². The minimum absolute atomic E-state index is 0.192. The molecule has 0 spiro atoms. The molecular weight excluding hydrogens is 563 g/mol. The maximum atomic E-state index is 13.4. The summed E-state index contributed by atoms with van der Waals surface area (Å²) in [6.07, 6.45) is -13.0. The number of halogens is 4. The molecule has 14 heteroatoms. The number of benzene rings is 2. The van der Waals surface area contributed by atoms with Gasteiger partial charge in [-0.05, 0) is 23.8 Å². The maximum Gasteiger partial charge on any atom is 0.417 e. The summed E-state index contributed by atoms with van der Waals surface area (Å²) in [5.41, 5.74) is -0.754. The molecule has 2 aromatic rings. The third kappa shape index (κ3) is 8.09. The quantitative estimate of drug-likeness (QED) is 0.357. The largest absolute Gasteiger partial charge is 0.459 e. The summed E-state index contributed by atoms with van der Waals surface area (Å²) in [4.78, 5) is 49.1. The number of carbonyl (C=O) groups excluding carboxylic acids is 4. The first kappa shape index (κ1) is 30.7. The van der Waals surface area contributed by atoms with Gasteiger partial charge < -0.3 is 29.0 Å². The van der Waals surface area contributed by atoms with E-state index in [1.165, 1.54) is 6.07 Å². The first-order valence-corrected chi connectivity index (χ1v) is 12.1. The number of hydrogen-bond donors (Lipinski definition) is 1. The van der Waals surface area contributed by atoms with Crippen molar-refractivity contribution in [2.75, 3.05) is 5.32 Å². The second-order valence-electron chi connectivity index (χ2n) is 8.63. The van der Waals surface area contributed by atoms with E-state index in [0.717, 1.165) is 26.8 Å². The summed E-state index contributed by atoms with van der Waals surface area (Å²) in [5.74, 6) is -3.74. The van der Waals surface area contributed by atoms with E-state index in [4.69, 9.17) is 35.3 Å². The van der Waals surface area contributed by atoms with Gasteiger partial charge in [0.2, 0.25) is 0 Å². The van der Waals surface area contributed by atoms with E-state index in [-0.39, 0.29) is 12.3 Å². The molecule has 1 N–H and O–H groups in total. The second-order valence-corrected chi connectivity index (χ2v) is 9.04. The van der Waals surface area contributed by atoms with Crippen LogP contribution in [0.1, 0.15) is 31.9 Å². The van der Waals surface area contributed by atoms with Crippen molar-refractivity contribution in [3.05, 3.63) is 64.7 Å². The fourth-order valence-corrected chi connectivity index (χ4v) is 4.15. The number of esters is 4. The number of anilines is 1. The number of carbonyl (C=O) groups is 4. The van der Waals surface area contributed by atoms with Crippen LogP contribution in [0.15, 0.2) is 48.5 Å². The summed E-state index contributed by atoms with van der Waals surface area (Å²) in [6.45, 7) is 2.86. The predicted molar refractivity (Wildman–Crippen MR) is 132 cm³/mol. The van der Waals surface area contributed by atoms with Gasteiger partial charge in [-0.15, -0.1) is 0 Å². The number of ether oxygens (including phenoxy) is 5. The monoisotopic (exact) mass is 587 g/mol. The number of alkyl halides is 3. The number of nitrogens with one attached hydrogen (secondary N) is 1. The Morgan fingerprint density at radius 1 is 0.875 bits per heavy atom. The molecule has 0 aliphatic carbocycles. The highest BCUT2D eigenvalue weighted by atomic mass is 35.5. The van der Waals surface area contributed by atoms with Crippen LogP contribution in [0.2, 0.25) is 5.02 Å². The fourth-order valence-electron chi connectivity index (χ4n) is 3.92. The lowest BCUT2D eigenvalue weighted by atomic mass is 9.96. The zero-order valence-corrected chi connectivity index (χ0v) is 22.2. The van der Waals surface area contributed by atoms with Crippen LogP contribution >= 0.6 is 11.6 Å². The van der Waals surface area contributed by atoms with Crippen LogP contribution in [0.5, 0.6) is 0 Å². The minimum Gasteiger partial charge on any atom is -0.459 e. The molecule has 0 radical (unpaired) electrons. The van der Waals surface area contributed by atoms with Crippen LogP contribution in [-0.2, 0) is 55.6 Å². The van der Waals surface area contributed by atoms with Gasteiger partial charge in [0.25, 0.3) is 0 Å². The van der Waals surface area contributed by atoms with Crippen molar-refractivity contribution < 1.29 is 56.0 Å². The molecule has 0 saturated carbocycles. The Kier molecular flexibility index (Phi) is 9.98. The summed E-state index contributed by atoms with van der Waals surface area (Å²) in [6, 6.07) is 11.4. The molecule has 0 bridgehead atoms. The van der Waals surface area contributed by atoms with Gasteiger partial charge in [0.15, 0.2) is 30.6 Å². The zero-order chi connectivity index (χ0) is 29.6. The topological polar surface area (TPSA) is 126 Å². The van der Waals surface area contributed by atoms with E-state index in [2.05, 4.69) is 5.32 Å². The van der Waals surface area contributed by atoms with Gasteiger partial charge in [-0.1, -0.05) is 41.9 Å². The van der Waals surface area contributed by atoms with Crippen LogP contribution in [0, 0.1) is 0 Å². The molecule has 1 heterocycles. The lowest BCUT2D eigenvalue weighted by Gasteiger charge is -2.44. The molecule has 40 heavy (non-hydrogen) atoms. The van der Waals surface area contributed by atoms with Crippen molar-refractivity contribution >= 4 is 41.2 Å². The average molecular weight is 588 g/mol. The molecule has 1 saturated heterocycles. The van der Waals surface area contributed by atoms with Gasteiger partial charge in [0, 0.05) is 26.5 Å². The highest BCUT2D eigenvalue weighted by Gasteiger charge is 2.55. The number of rotatable bonds is 8. The number of hydrogen-bond acceptors (Lipinski definition) is 10. The molecule has 3 rings (SSSR count). The van der Waals surface area contributed by atoms with Crippen LogP contribution in [-0.4, -0.2) is 54.5 Å². The van der Waals surface area contributed by atoms with Crippen molar-refractivity contribution in [2.24, 2.45) is 0 Å². The highest BCUT2D eigenvalue weighted by molar-refractivity contribution is 6.31. The van der Waals surface area contributed by atoms with Crippen LogP contribution in [0.25, 0.3) is 0 Å². The summed E-state index contributed by atoms with van der Waals surface area (Å²) in [5, 5.41) is 2.04. The molecule has 5 atom stereocenters. The lowest BCUT2D eigenvalue weighted by Crippen LogP contribution is -2.65. The SMILES string of the molecule is CC(=O)O[C@@H]1[C@@H](OC(C)=O)[C@H](Nc2ccc(Cl)c(C(F)(F)F)c2)O[C@H](C(=O)OCc2ccccc2)[C@H]1OC(C)=O. The summed E-state index contributed by atoms with van der Waals surface area (Å²) in [7, 11) is 0. The highest BCUT2D eigenvalue weighted by Crippen LogP contribution is 2.37. The van der Waals surface area contributed by atoms with Gasteiger partial charge >= 0.3 is 30.1 Å². The van der Waals surface area contributed by atoms with Gasteiger partial charge in [-0.25, -0.2) is 4.79 Å². The predicted octanol–water partition coefficient (Wildman–Crippen LogP) is 4.03. The van der Waals surface area contributed by atoms with Crippen molar-refractivity contribution in [1.29, 1.82) is 0 Å². The normalized spacial score (nSPS) is 22.5. The summed E-state index contributed by atoms with van der Waals surface area (Å²) >= 11 is 5.70. The first-order valence-electron chi connectivity index (χ1n) is 11.8. The van der Waals surface area contributed by atoms with Crippen LogP contribution in [0.4, 0.5) is 18.9 Å². The van der Waals surface area contributed by atoms with E-state index < -0.39 is 71.3 Å². The molecule has 1 aliphatic rings. The third-order valence-corrected chi connectivity index (χ3v) is 5.81. The Bertz CT molecular complexity index is 1240. The molecule has 1 aliphatic heterocycles. The minimum atomic E-state index is -4.80. The first-order chi connectivity index (χ1) is 18.8. The smallest absolute Gasteiger partial charge is 0.417 e. The molecule has 10 nitrogen and oxygen atoms in total. The Hall–Kier alpha value is -3.84. The van der Waals surface area contributed by atoms with E-state index in [1.807, 2.05) is 0 Å². The molecule has 2 aromatic carbocycles. The van der Waals surface area contributed by atoms with Gasteiger partial charge in [0.05, 0.1) is 10.6 Å². The molecule has 0 aromatic heterocycles. The third-order valence-electron chi connectivity index (χ3n) is 5.48. The Labute approximate surface area is 231 Å². The Balaban J connectivity index is 2.01. The summed E-state index contributed by atoms with van der Waals surface area (Å²) < 4.78 is 67.3. The average Bonchev–Trinajstić information content (AvgIpc) is 2.86. The van der Waals surface area contributed by atoms with Crippen molar-refractivity contribution in [1.82, 2.24) is 0 Å². The van der Waals surface area contributed by atoms with Crippen LogP contribution < -0.4 is 5.32 Å². The zero-order valence-electron chi connectivity index (χ0n) is 21.4. The fraction of sp³-hybridized carbons (Fsp3) is 0.385. The molecule has 0 amide bonds. The van der Waals surface area contributed by atoms with E-state index in [9.17, 15) is 32.3 Å². The standard InChI is InChI=1S/C26H25ClF3NO9/c1-13(32)37-20-21(38-14(2)33)23(25(35)36-12-16-7-5-4-6-8-16)40-24(22(20)39-15(3)34)31-17-9-10-19(27)18(11-17)26(28,29)30/h4-11,20-24,31H,12H2,1-3H3/t20-,21-,22+,23-,24+/m0/s1. The van der Waals surface area contributed by atoms with Gasteiger partial charge in [-0.2, -0.15) is 13.2 Å². The molecule has 216 valence electrons. The molecule has 0 unspecified atom stereocenters. The van der Waals surface area contributed by atoms with E-state index >= 15 is 0 Å². The lowest BCUT2D eigenvalue weighted by molar-refractivity contribution is -0.245. The van der Waals surface area contributed by atoms with Crippen LogP contribution in [0.3, 0.4) is 0 Å². The van der Waals surface area contributed by atoms with Crippen molar-refractivity contribution in [2.45, 2.75) is 64.2 Å². The Morgan fingerprint density at radius 3 is 2.02 bits per heavy atom. The van der Waals surface area contributed by atoms with E-state index in [0.29, 0.717) is 11.6 Å². The van der Waals surface area contributed by atoms with E-state index in [1.54, 1.807) is 30.3 Å². The second kappa shape index (κ2) is 13.0.